The van der Waals surface area contributed by atoms with Crippen molar-refractivity contribution < 1.29 is 8.42 Å². The predicted molar refractivity (Wildman–Crippen MR) is 80.8 cm³/mol. The summed E-state index contributed by atoms with van der Waals surface area (Å²) in [5.41, 5.74) is 6.17. The highest BCUT2D eigenvalue weighted by Crippen LogP contribution is 2.19. The largest absolute Gasteiger partial charge is 0.384 e. The first kappa shape index (κ1) is 14.7. The van der Waals surface area contributed by atoms with E-state index in [1.807, 2.05) is 20.8 Å². The molecule has 0 atom stereocenters. The molecule has 2 rings (SSSR count). The second kappa shape index (κ2) is 5.03. The number of anilines is 1. The average molecular weight is 293 g/mol. The third kappa shape index (κ3) is 3.46. The molecule has 3 N–H and O–H groups in total. The van der Waals surface area contributed by atoms with Gasteiger partial charge in [-0.2, -0.15) is 0 Å². The van der Waals surface area contributed by atoms with Gasteiger partial charge < -0.3 is 5.73 Å². The topological polar surface area (TPSA) is 85.1 Å². The molecule has 2 aromatic rings. The Balaban J connectivity index is 2.35. The fourth-order valence-corrected chi connectivity index (χ4v) is 3.00. The Morgan fingerprint density at radius 1 is 1.20 bits per heavy atom. The van der Waals surface area contributed by atoms with Crippen molar-refractivity contribution >= 4 is 26.7 Å². The molecule has 0 aliphatic carbocycles. The number of pyridine rings is 1. The van der Waals surface area contributed by atoms with E-state index in [1.165, 1.54) is 0 Å². The number of hydrogen-bond donors (Lipinski definition) is 2. The standard InChI is InChI=1S/C14H19N3O2S/c1-14(2,3)9-16-20(18,19)11-5-6-12-10(8-11)4-7-13(15)17-12/h4-8,16H,9H2,1-3H3,(H2,15,17). The lowest BCUT2D eigenvalue weighted by molar-refractivity contribution is 0.407. The maximum absolute atomic E-state index is 12.2. The Kier molecular flexibility index (Phi) is 3.71. The Hall–Kier alpha value is -1.66. The van der Waals surface area contributed by atoms with Crippen molar-refractivity contribution in [3.63, 3.8) is 0 Å². The second-order valence-electron chi connectivity index (χ2n) is 5.98. The van der Waals surface area contributed by atoms with E-state index in [2.05, 4.69) is 9.71 Å². The zero-order valence-corrected chi connectivity index (χ0v) is 12.7. The molecule has 6 heteroatoms. The normalized spacial score (nSPS) is 12.8. The van der Waals surface area contributed by atoms with E-state index in [9.17, 15) is 8.42 Å². The maximum atomic E-state index is 12.2. The molecule has 108 valence electrons. The van der Waals surface area contributed by atoms with Crippen LogP contribution in [0.5, 0.6) is 0 Å². The van der Waals surface area contributed by atoms with Gasteiger partial charge in [0.15, 0.2) is 0 Å². The van der Waals surface area contributed by atoms with Crippen LogP contribution >= 0.6 is 0 Å². The fourth-order valence-electron chi connectivity index (χ4n) is 1.68. The minimum Gasteiger partial charge on any atom is -0.384 e. The number of fused-ring (bicyclic) bond motifs is 1. The van der Waals surface area contributed by atoms with E-state index in [1.54, 1.807) is 30.3 Å². The molecule has 0 saturated carbocycles. The monoisotopic (exact) mass is 293 g/mol. The summed E-state index contributed by atoms with van der Waals surface area (Å²) in [4.78, 5) is 4.38. The highest BCUT2D eigenvalue weighted by Gasteiger charge is 2.18. The van der Waals surface area contributed by atoms with Gasteiger partial charge in [-0.05, 0) is 35.7 Å². The first-order valence-corrected chi connectivity index (χ1v) is 7.82. The molecule has 1 heterocycles. The van der Waals surface area contributed by atoms with Crippen LogP contribution in [0.4, 0.5) is 5.82 Å². The molecule has 0 fully saturated rings. The molecular weight excluding hydrogens is 274 g/mol. The number of nitrogens with zero attached hydrogens (tertiary/aromatic N) is 1. The zero-order chi connectivity index (χ0) is 15.0. The molecule has 1 aromatic carbocycles. The molecule has 0 aliphatic heterocycles. The van der Waals surface area contributed by atoms with Crippen molar-refractivity contribution in [1.82, 2.24) is 9.71 Å². The highest BCUT2D eigenvalue weighted by molar-refractivity contribution is 7.89. The first-order chi connectivity index (χ1) is 9.17. The number of sulfonamides is 1. The number of nitrogens with one attached hydrogen (secondary N) is 1. The van der Waals surface area contributed by atoms with Crippen molar-refractivity contribution in [1.29, 1.82) is 0 Å². The lowest BCUT2D eigenvalue weighted by atomic mass is 9.98. The van der Waals surface area contributed by atoms with Gasteiger partial charge in [-0.15, -0.1) is 0 Å². The van der Waals surface area contributed by atoms with Crippen LogP contribution < -0.4 is 10.5 Å². The summed E-state index contributed by atoms with van der Waals surface area (Å²) in [6.45, 7) is 6.31. The van der Waals surface area contributed by atoms with Crippen molar-refractivity contribution in [2.24, 2.45) is 5.41 Å². The first-order valence-electron chi connectivity index (χ1n) is 6.33. The Morgan fingerprint density at radius 2 is 1.90 bits per heavy atom. The van der Waals surface area contributed by atoms with Gasteiger partial charge in [-0.25, -0.2) is 18.1 Å². The molecule has 0 bridgehead atoms. The van der Waals surface area contributed by atoms with Gasteiger partial charge in [0, 0.05) is 11.9 Å². The Morgan fingerprint density at radius 3 is 2.55 bits per heavy atom. The molecule has 0 amide bonds. The summed E-state index contributed by atoms with van der Waals surface area (Å²) in [5, 5.41) is 0.748. The Labute approximate surface area is 119 Å². The van der Waals surface area contributed by atoms with Crippen molar-refractivity contribution in [3.05, 3.63) is 30.3 Å². The highest BCUT2D eigenvalue weighted by atomic mass is 32.2. The van der Waals surface area contributed by atoms with Gasteiger partial charge >= 0.3 is 0 Å². The fraction of sp³-hybridized carbons (Fsp3) is 0.357. The number of aromatic nitrogens is 1. The van der Waals surface area contributed by atoms with Gasteiger partial charge in [-0.1, -0.05) is 20.8 Å². The van der Waals surface area contributed by atoms with Crippen LogP contribution in [0.25, 0.3) is 10.9 Å². The van der Waals surface area contributed by atoms with Crippen LogP contribution in [0, 0.1) is 5.41 Å². The summed E-state index contributed by atoms with van der Waals surface area (Å²) in [6, 6.07) is 8.23. The molecule has 0 saturated heterocycles. The molecule has 0 radical (unpaired) electrons. The smallest absolute Gasteiger partial charge is 0.240 e. The van der Waals surface area contributed by atoms with E-state index < -0.39 is 10.0 Å². The van der Waals surface area contributed by atoms with Gasteiger partial charge in [0.25, 0.3) is 0 Å². The third-order valence-corrected chi connectivity index (χ3v) is 4.18. The van der Waals surface area contributed by atoms with E-state index in [4.69, 9.17) is 5.73 Å². The van der Waals surface area contributed by atoms with Crippen LogP contribution in [-0.2, 0) is 10.0 Å². The minimum absolute atomic E-state index is 0.111. The molecule has 20 heavy (non-hydrogen) atoms. The SMILES string of the molecule is CC(C)(C)CNS(=O)(=O)c1ccc2nc(N)ccc2c1. The molecule has 5 nitrogen and oxygen atoms in total. The van der Waals surface area contributed by atoms with Crippen LogP contribution in [0.2, 0.25) is 0 Å². The predicted octanol–water partition coefficient (Wildman–Crippen LogP) is 2.14. The second-order valence-corrected chi connectivity index (χ2v) is 7.74. The van der Waals surface area contributed by atoms with Crippen molar-refractivity contribution in [3.8, 4) is 0 Å². The summed E-state index contributed by atoms with van der Waals surface area (Å²) in [5.74, 6) is 0.416. The summed E-state index contributed by atoms with van der Waals surface area (Å²) in [6.07, 6.45) is 0. The molecule has 0 unspecified atom stereocenters. The zero-order valence-electron chi connectivity index (χ0n) is 11.8. The summed E-state index contributed by atoms with van der Waals surface area (Å²) < 4.78 is 27.1. The van der Waals surface area contributed by atoms with Crippen LogP contribution in [-0.4, -0.2) is 19.9 Å². The van der Waals surface area contributed by atoms with Crippen LogP contribution in [0.1, 0.15) is 20.8 Å². The minimum atomic E-state index is -3.50. The number of nitrogen functional groups attached to an aromatic ring is 1. The average Bonchev–Trinajstić information content (AvgIpc) is 2.35. The number of benzene rings is 1. The molecule has 0 spiro atoms. The molecular formula is C14H19N3O2S. The van der Waals surface area contributed by atoms with Crippen LogP contribution in [0.3, 0.4) is 0 Å². The van der Waals surface area contributed by atoms with Gasteiger partial charge in [0.05, 0.1) is 10.4 Å². The van der Waals surface area contributed by atoms with Crippen molar-refractivity contribution in [2.45, 2.75) is 25.7 Å². The lowest BCUT2D eigenvalue weighted by Crippen LogP contribution is -2.32. The van der Waals surface area contributed by atoms with E-state index >= 15 is 0 Å². The molecule has 0 aliphatic rings. The maximum Gasteiger partial charge on any atom is 0.240 e. The van der Waals surface area contributed by atoms with Crippen molar-refractivity contribution in [2.75, 3.05) is 12.3 Å². The quantitative estimate of drug-likeness (QED) is 0.908. The van der Waals surface area contributed by atoms with E-state index in [0.29, 0.717) is 17.9 Å². The van der Waals surface area contributed by atoms with Crippen LogP contribution in [0.15, 0.2) is 35.2 Å². The third-order valence-electron chi connectivity index (χ3n) is 2.79. The summed E-state index contributed by atoms with van der Waals surface area (Å²) in [7, 11) is -3.50. The number of hydrogen-bond acceptors (Lipinski definition) is 4. The summed E-state index contributed by atoms with van der Waals surface area (Å²) >= 11 is 0. The van der Waals surface area contributed by atoms with Gasteiger partial charge in [0.1, 0.15) is 5.82 Å². The molecule has 1 aromatic heterocycles. The van der Waals surface area contributed by atoms with Gasteiger partial charge in [-0.3, -0.25) is 0 Å². The lowest BCUT2D eigenvalue weighted by Gasteiger charge is -2.18. The van der Waals surface area contributed by atoms with E-state index in [0.717, 1.165) is 5.39 Å². The number of rotatable bonds is 3. The van der Waals surface area contributed by atoms with Gasteiger partial charge in [0.2, 0.25) is 10.0 Å². The van der Waals surface area contributed by atoms with E-state index in [-0.39, 0.29) is 10.3 Å². The Bertz CT molecular complexity index is 734. The number of nitrogens with two attached hydrogens (primary N) is 1.